The molecule has 4 aliphatic carbocycles. The number of benzene rings is 1. The van der Waals surface area contributed by atoms with Gasteiger partial charge in [-0.25, -0.2) is 4.79 Å². The Balaban J connectivity index is 1.79. The van der Waals surface area contributed by atoms with E-state index in [1.807, 2.05) is 12.2 Å². The van der Waals surface area contributed by atoms with Crippen LogP contribution in [0.3, 0.4) is 0 Å². The molecule has 0 spiro atoms. The highest BCUT2D eigenvalue weighted by molar-refractivity contribution is 5.89. The Morgan fingerprint density at radius 2 is 1.71 bits per heavy atom. The largest absolute Gasteiger partial charge is 0.458 e. The van der Waals surface area contributed by atoms with Crippen molar-refractivity contribution < 1.29 is 39.5 Å². The molecule has 0 amide bonds. The number of rotatable bonds is 3. The summed E-state index contributed by atoms with van der Waals surface area (Å²) < 4.78 is 12.3. The van der Waals surface area contributed by atoms with Gasteiger partial charge in [-0.15, -0.1) is 0 Å². The van der Waals surface area contributed by atoms with Gasteiger partial charge in [-0.3, -0.25) is 4.79 Å². The van der Waals surface area contributed by atoms with Crippen LogP contribution in [-0.2, 0) is 14.3 Å². The lowest BCUT2D eigenvalue weighted by Gasteiger charge is -2.67. The molecule has 38 heavy (non-hydrogen) atoms. The van der Waals surface area contributed by atoms with Gasteiger partial charge < -0.3 is 29.9 Å². The van der Waals surface area contributed by atoms with Crippen molar-refractivity contribution in [2.24, 2.45) is 22.7 Å². The lowest BCUT2D eigenvalue weighted by atomic mass is 9.43. The van der Waals surface area contributed by atoms with Crippen molar-refractivity contribution >= 4 is 11.9 Å². The van der Waals surface area contributed by atoms with E-state index >= 15 is 0 Å². The summed E-state index contributed by atoms with van der Waals surface area (Å²) in [6, 6.07) is 8.40. The van der Waals surface area contributed by atoms with Crippen molar-refractivity contribution in [3.8, 4) is 0 Å². The lowest BCUT2D eigenvalue weighted by molar-refractivity contribution is -0.278. The number of hydrogen-bond acceptors (Lipinski definition) is 8. The van der Waals surface area contributed by atoms with Gasteiger partial charge >= 0.3 is 11.9 Å². The second-order valence-electron chi connectivity index (χ2n) is 12.3. The molecule has 0 saturated heterocycles. The van der Waals surface area contributed by atoms with Crippen molar-refractivity contribution in [1.29, 1.82) is 0 Å². The minimum Gasteiger partial charge on any atom is -0.458 e. The third kappa shape index (κ3) is 3.50. The second kappa shape index (κ2) is 8.74. The number of aliphatic hydroxyl groups is 4. The van der Waals surface area contributed by atoms with Crippen LogP contribution in [0.5, 0.6) is 0 Å². The molecule has 4 aliphatic rings. The first-order valence-corrected chi connectivity index (χ1v) is 13.3. The van der Waals surface area contributed by atoms with Crippen molar-refractivity contribution in [3.05, 3.63) is 59.2 Å². The first kappa shape index (κ1) is 27.1. The van der Waals surface area contributed by atoms with E-state index in [4.69, 9.17) is 9.47 Å². The highest BCUT2D eigenvalue weighted by Gasteiger charge is 2.73. The molecule has 206 valence electrons. The van der Waals surface area contributed by atoms with Gasteiger partial charge in [-0.05, 0) is 43.0 Å². The van der Waals surface area contributed by atoms with Gasteiger partial charge in [0.05, 0.1) is 23.7 Å². The topological polar surface area (TPSA) is 134 Å². The summed E-state index contributed by atoms with van der Waals surface area (Å²) in [6.45, 7) is 8.20. The Kier molecular flexibility index (Phi) is 6.23. The third-order valence-electron chi connectivity index (χ3n) is 10.1. The van der Waals surface area contributed by atoms with Crippen LogP contribution in [0.2, 0.25) is 0 Å². The maximum Gasteiger partial charge on any atom is 0.338 e. The Bertz CT molecular complexity index is 1200. The smallest absolute Gasteiger partial charge is 0.338 e. The first-order valence-electron chi connectivity index (χ1n) is 13.3. The van der Waals surface area contributed by atoms with Gasteiger partial charge in [0.25, 0.3) is 0 Å². The van der Waals surface area contributed by atoms with Crippen LogP contribution >= 0.6 is 0 Å². The molecule has 2 bridgehead atoms. The Labute approximate surface area is 223 Å². The van der Waals surface area contributed by atoms with E-state index in [1.165, 1.54) is 6.92 Å². The van der Waals surface area contributed by atoms with Gasteiger partial charge in [-0.1, -0.05) is 51.1 Å². The van der Waals surface area contributed by atoms with E-state index < -0.39 is 64.3 Å². The highest BCUT2D eigenvalue weighted by atomic mass is 16.6. The lowest BCUT2D eigenvalue weighted by Crippen LogP contribution is -2.76. The minimum atomic E-state index is -1.88. The summed E-state index contributed by atoms with van der Waals surface area (Å²) in [4.78, 5) is 26.0. The van der Waals surface area contributed by atoms with E-state index in [0.717, 1.165) is 0 Å². The maximum absolute atomic E-state index is 13.6. The molecule has 0 heterocycles. The maximum atomic E-state index is 13.6. The van der Waals surface area contributed by atoms with Crippen LogP contribution in [0.15, 0.2) is 53.6 Å². The summed E-state index contributed by atoms with van der Waals surface area (Å²) in [5, 5.41) is 47.3. The van der Waals surface area contributed by atoms with Crippen LogP contribution in [0.25, 0.3) is 0 Å². The van der Waals surface area contributed by atoms with Crippen LogP contribution in [0.1, 0.15) is 64.2 Å². The fraction of sp³-hybridized carbons (Fsp3) is 0.600. The molecule has 0 aromatic heterocycles. The summed E-state index contributed by atoms with van der Waals surface area (Å²) in [5.74, 6) is -2.34. The van der Waals surface area contributed by atoms with Gasteiger partial charge in [0.2, 0.25) is 0 Å². The molecule has 2 fully saturated rings. The Hall–Kier alpha value is -2.52. The van der Waals surface area contributed by atoms with E-state index in [-0.39, 0.29) is 17.9 Å². The SMILES string of the molecule is CC(=O)O[C@@]12CC[C@@H]1C=C[C@@]1(C)[C@H](O)[C@H](O)C3=C(C)[C@@H](O)C[C@@](O)([C@@H](OC(=O)c4ccccc4)[C@@H]12)C3(C)C. The number of hydrogen-bond donors (Lipinski definition) is 4. The van der Waals surface area contributed by atoms with Gasteiger partial charge in [-0.2, -0.15) is 0 Å². The average Bonchev–Trinajstić information content (AvgIpc) is 2.84. The molecule has 4 N–H and O–H groups in total. The van der Waals surface area contributed by atoms with Gasteiger partial charge in [0.15, 0.2) is 0 Å². The Morgan fingerprint density at radius 3 is 2.29 bits per heavy atom. The fourth-order valence-corrected chi connectivity index (χ4v) is 7.90. The second-order valence-corrected chi connectivity index (χ2v) is 12.3. The number of aliphatic hydroxyl groups excluding tert-OH is 3. The molecule has 0 unspecified atom stereocenters. The van der Waals surface area contributed by atoms with E-state index in [0.29, 0.717) is 24.0 Å². The Morgan fingerprint density at radius 1 is 1.05 bits per heavy atom. The predicted octanol–water partition coefficient (Wildman–Crippen LogP) is 2.69. The zero-order valence-corrected chi connectivity index (χ0v) is 22.5. The van der Waals surface area contributed by atoms with Crippen LogP contribution < -0.4 is 0 Å². The third-order valence-corrected chi connectivity index (χ3v) is 10.1. The normalized spacial score (nSPS) is 43.1. The molecule has 5 rings (SSSR count). The summed E-state index contributed by atoms with van der Waals surface area (Å²) in [7, 11) is 0. The van der Waals surface area contributed by atoms with Crippen molar-refractivity contribution in [3.63, 3.8) is 0 Å². The zero-order chi connectivity index (χ0) is 27.8. The van der Waals surface area contributed by atoms with Crippen molar-refractivity contribution in [1.82, 2.24) is 0 Å². The molecule has 8 nitrogen and oxygen atoms in total. The molecule has 0 aliphatic heterocycles. The number of carbonyl (C=O) groups is 2. The van der Waals surface area contributed by atoms with Crippen LogP contribution in [0, 0.1) is 22.7 Å². The van der Waals surface area contributed by atoms with E-state index in [1.54, 1.807) is 58.0 Å². The highest BCUT2D eigenvalue weighted by Crippen LogP contribution is 2.65. The molecule has 8 heteroatoms. The van der Waals surface area contributed by atoms with Gasteiger partial charge in [0, 0.05) is 30.1 Å². The zero-order valence-electron chi connectivity index (χ0n) is 22.5. The number of ether oxygens (including phenoxy) is 2. The number of carbonyl (C=O) groups excluding carboxylic acids is 2. The first-order chi connectivity index (χ1) is 17.7. The van der Waals surface area contributed by atoms with Crippen LogP contribution in [-0.4, -0.2) is 68.0 Å². The molecule has 1 aromatic rings. The molecule has 0 radical (unpaired) electrons. The predicted molar refractivity (Wildman–Crippen MR) is 138 cm³/mol. The minimum absolute atomic E-state index is 0.165. The standard InChI is InChI=1S/C30H38O8/c1-16-20(32)15-30(36)25(37-26(35)18-9-7-6-8-10-18)23-28(5,24(34)22(33)21(16)27(30,3)4)13-11-19-12-14-29(19,23)38-17(2)31/h6-11,13,19-20,22-25,32-34,36H,12,14-15H2,1-5H3/t19-,20-,22+,23-,24+,25-,28+,29-,30+/m0/s1. The quantitative estimate of drug-likeness (QED) is 0.349. The summed E-state index contributed by atoms with van der Waals surface area (Å²) in [5.41, 5.74) is -4.47. The van der Waals surface area contributed by atoms with Crippen molar-refractivity contribution in [2.75, 3.05) is 0 Å². The number of fused-ring (bicyclic) bond motifs is 5. The van der Waals surface area contributed by atoms with E-state index in [9.17, 15) is 30.0 Å². The molecule has 9 atom stereocenters. The molecule has 1 aromatic carbocycles. The average molecular weight is 527 g/mol. The summed E-state index contributed by atoms with van der Waals surface area (Å²) >= 11 is 0. The fourth-order valence-electron chi connectivity index (χ4n) is 7.90. The molecular weight excluding hydrogens is 488 g/mol. The van der Waals surface area contributed by atoms with Crippen LogP contribution in [0.4, 0.5) is 0 Å². The molecular formula is C30H38O8. The van der Waals surface area contributed by atoms with Gasteiger partial charge in [0.1, 0.15) is 23.4 Å². The van der Waals surface area contributed by atoms with E-state index in [2.05, 4.69) is 0 Å². The molecule has 2 saturated carbocycles. The summed E-state index contributed by atoms with van der Waals surface area (Å²) in [6.07, 6.45) is -0.594. The van der Waals surface area contributed by atoms with Crippen molar-refractivity contribution in [2.45, 2.75) is 89.5 Å². The monoisotopic (exact) mass is 526 g/mol. The number of esters is 2.